The number of likely N-dealkylation sites (tertiary alicyclic amines) is 2. The fourth-order valence-electron chi connectivity index (χ4n) is 6.53. The highest BCUT2D eigenvalue weighted by molar-refractivity contribution is 5.86. The zero-order chi connectivity index (χ0) is 28.1. The Morgan fingerprint density at radius 2 is 1.82 bits per heavy atom. The number of hydrogen-bond donors (Lipinski definition) is 0. The summed E-state index contributed by atoms with van der Waals surface area (Å²) < 4.78 is 7.45. The number of nitrogens with zero attached hydrogens (tertiary/aromatic N) is 6. The molecule has 9 heteroatoms. The zero-order valence-corrected chi connectivity index (χ0v) is 24.2. The molecular formula is C31H40N6O3. The van der Waals surface area contributed by atoms with E-state index in [1.54, 1.807) is 4.90 Å². The van der Waals surface area contributed by atoms with E-state index in [2.05, 4.69) is 33.2 Å². The zero-order valence-electron chi connectivity index (χ0n) is 24.2. The van der Waals surface area contributed by atoms with Gasteiger partial charge in [-0.3, -0.25) is 14.4 Å². The van der Waals surface area contributed by atoms with Crippen LogP contribution in [-0.2, 0) is 29.5 Å². The molecule has 1 aromatic carbocycles. The van der Waals surface area contributed by atoms with Crippen molar-refractivity contribution in [1.82, 2.24) is 29.5 Å². The van der Waals surface area contributed by atoms with Gasteiger partial charge in [0.1, 0.15) is 17.2 Å². The summed E-state index contributed by atoms with van der Waals surface area (Å²) in [5.74, 6) is 0.770. The van der Waals surface area contributed by atoms with Crippen molar-refractivity contribution >= 4 is 22.8 Å². The molecule has 212 valence electrons. The Hall–Kier alpha value is -3.33. The van der Waals surface area contributed by atoms with Gasteiger partial charge < -0.3 is 9.64 Å². The number of piperidine rings is 1. The number of rotatable bonds is 6. The molecule has 1 spiro atoms. The van der Waals surface area contributed by atoms with Crippen LogP contribution in [0.5, 0.6) is 0 Å². The number of aryl methyl sites for hydroxylation is 1. The lowest BCUT2D eigenvalue weighted by atomic mass is 9.56. The molecule has 9 nitrogen and oxygen atoms in total. The Labute approximate surface area is 235 Å². The maximum Gasteiger partial charge on any atom is 0.410 e. The third-order valence-corrected chi connectivity index (χ3v) is 8.68. The van der Waals surface area contributed by atoms with E-state index in [4.69, 9.17) is 9.72 Å². The van der Waals surface area contributed by atoms with Crippen LogP contribution in [0.1, 0.15) is 64.4 Å². The van der Waals surface area contributed by atoms with Gasteiger partial charge in [0.15, 0.2) is 0 Å². The molecule has 0 bridgehead atoms. The van der Waals surface area contributed by atoms with Crippen molar-refractivity contribution in [2.75, 3.05) is 26.2 Å². The number of hydrogen-bond acceptors (Lipinski definition) is 7. The van der Waals surface area contributed by atoms with Crippen molar-refractivity contribution in [3.05, 3.63) is 42.1 Å². The first-order valence-electron chi connectivity index (χ1n) is 14.6. The second-order valence-electron chi connectivity index (χ2n) is 13.1. The van der Waals surface area contributed by atoms with Crippen LogP contribution in [0.4, 0.5) is 4.79 Å². The van der Waals surface area contributed by atoms with Crippen molar-refractivity contribution in [1.29, 1.82) is 0 Å². The normalized spacial score (nSPS) is 19.4. The summed E-state index contributed by atoms with van der Waals surface area (Å²) >= 11 is 0. The molecule has 0 radical (unpaired) electrons. The van der Waals surface area contributed by atoms with Gasteiger partial charge in [0.05, 0.1) is 23.8 Å². The van der Waals surface area contributed by atoms with Gasteiger partial charge in [0.2, 0.25) is 0 Å². The van der Waals surface area contributed by atoms with E-state index in [0.717, 1.165) is 54.5 Å². The predicted octanol–water partition coefficient (Wildman–Crippen LogP) is 4.77. The highest BCUT2D eigenvalue weighted by Gasteiger charge is 2.55. The van der Waals surface area contributed by atoms with Crippen molar-refractivity contribution < 1.29 is 14.3 Å². The molecule has 2 aliphatic heterocycles. The summed E-state index contributed by atoms with van der Waals surface area (Å²) in [6.45, 7) is 10.1. The molecule has 4 heterocycles. The third kappa shape index (κ3) is 5.48. The van der Waals surface area contributed by atoms with Crippen LogP contribution in [0, 0.1) is 11.3 Å². The minimum atomic E-state index is -0.494. The molecule has 6 rings (SSSR count). The lowest BCUT2D eigenvalue weighted by Crippen LogP contribution is -2.65. The van der Waals surface area contributed by atoms with Crippen LogP contribution >= 0.6 is 0 Å². The van der Waals surface area contributed by atoms with Crippen LogP contribution in [0.15, 0.2) is 30.6 Å². The first-order chi connectivity index (χ1) is 19.1. The fraction of sp³-hybridized carbons (Fsp3) is 0.581. The molecule has 3 aromatic rings. The Kier molecular flexibility index (Phi) is 6.89. The molecule has 0 N–H and O–H groups in total. The predicted molar refractivity (Wildman–Crippen MR) is 153 cm³/mol. The number of carbonyl (C=O) groups is 2. The molecule has 1 aliphatic carbocycles. The van der Waals surface area contributed by atoms with Crippen molar-refractivity contribution in [3.8, 4) is 11.1 Å². The van der Waals surface area contributed by atoms with E-state index in [0.29, 0.717) is 18.9 Å². The molecule has 1 saturated carbocycles. The van der Waals surface area contributed by atoms with E-state index in [9.17, 15) is 9.59 Å². The van der Waals surface area contributed by atoms with Gasteiger partial charge in [0.25, 0.3) is 0 Å². The van der Waals surface area contributed by atoms with Gasteiger partial charge in [-0.05, 0) is 71.2 Å². The maximum absolute atomic E-state index is 13.1. The number of aromatic nitrogens is 4. The van der Waals surface area contributed by atoms with E-state index in [1.807, 2.05) is 44.9 Å². The molecule has 3 fully saturated rings. The number of ketones is 1. The number of fused-ring (bicyclic) bond motifs is 1. The highest BCUT2D eigenvalue weighted by Crippen LogP contribution is 2.52. The van der Waals surface area contributed by atoms with E-state index >= 15 is 0 Å². The second kappa shape index (κ2) is 10.3. The Morgan fingerprint density at radius 1 is 1.07 bits per heavy atom. The Balaban J connectivity index is 1.09. The average Bonchev–Trinajstić information content (AvgIpc) is 3.21. The largest absolute Gasteiger partial charge is 0.444 e. The first-order valence-corrected chi connectivity index (χ1v) is 14.6. The molecule has 2 aromatic heterocycles. The number of amides is 1. The number of carbonyl (C=O) groups excluding carboxylic acids is 2. The number of Topliss-reactive ketones (excluding diaryl/α,β-unsaturated/α-hetero) is 1. The van der Waals surface area contributed by atoms with E-state index in [-0.39, 0.29) is 29.6 Å². The Bertz CT molecular complexity index is 1420. The van der Waals surface area contributed by atoms with Crippen LogP contribution in [0.25, 0.3) is 22.0 Å². The van der Waals surface area contributed by atoms with Gasteiger partial charge in [0, 0.05) is 55.2 Å². The van der Waals surface area contributed by atoms with Crippen LogP contribution < -0.4 is 0 Å². The molecule has 0 atom stereocenters. The quantitative estimate of drug-likeness (QED) is 0.441. The standard InChI is InChI=1S/C31H40N6O3/c1-30(2,3)40-29(39)37-19-31(20-37)14-23(15-31)27(38)13-28-32-16-22-9-8-21(12-25(22)34-28)24-17-33-35(4)26(24)18-36-10-6-5-7-11-36/h8-9,12,16-17,23H,5-7,10-11,13-15,18-20H2,1-4H3. The number of benzene rings is 1. The summed E-state index contributed by atoms with van der Waals surface area (Å²) in [5, 5.41) is 5.53. The SMILES string of the molecule is Cn1ncc(-c2ccc3cnc(CC(=O)C4CC5(C4)CN(C(=O)OC(C)(C)C)C5)nc3c2)c1CN1CCCCC1. The average molecular weight is 545 g/mol. The van der Waals surface area contributed by atoms with Crippen molar-refractivity contribution in [2.24, 2.45) is 18.4 Å². The summed E-state index contributed by atoms with van der Waals surface area (Å²) in [7, 11) is 2.01. The maximum atomic E-state index is 13.1. The number of ether oxygens (including phenoxy) is 1. The van der Waals surface area contributed by atoms with Crippen molar-refractivity contribution in [3.63, 3.8) is 0 Å². The van der Waals surface area contributed by atoms with Gasteiger partial charge in [-0.2, -0.15) is 5.10 Å². The second-order valence-corrected chi connectivity index (χ2v) is 13.1. The summed E-state index contributed by atoms with van der Waals surface area (Å²) in [6, 6.07) is 6.26. The lowest BCUT2D eigenvalue weighted by Gasteiger charge is -2.58. The van der Waals surface area contributed by atoms with Crippen LogP contribution in [0.3, 0.4) is 0 Å². The lowest BCUT2D eigenvalue weighted by molar-refractivity contribution is -0.140. The van der Waals surface area contributed by atoms with Gasteiger partial charge in [-0.25, -0.2) is 14.8 Å². The summed E-state index contributed by atoms with van der Waals surface area (Å²) in [5.41, 5.74) is 3.86. The topological polar surface area (TPSA) is 93.5 Å². The first kappa shape index (κ1) is 26.9. The summed E-state index contributed by atoms with van der Waals surface area (Å²) in [4.78, 5) is 38.9. The molecular weight excluding hydrogens is 504 g/mol. The Morgan fingerprint density at radius 3 is 2.55 bits per heavy atom. The monoisotopic (exact) mass is 544 g/mol. The van der Waals surface area contributed by atoms with E-state index < -0.39 is 5.60 Å². The third-order valence-electron chi connectivity index (χ3n) is 8.68. The molecule has 1 amide bonds. The van der Waals surface area contributed by atoms with Gasteiger partial charge in [-0.15, -0.1) is 0 Å². The fourth-order valence-corrected chi connectivity index (χ4v) is 6.53. The van der Waals surface area contributed by atoms with Crippen molar-refractivity contribution in [2.45, 2.75) is 71.4 Å². The van der Waals surface area contributed by atoms with Gasteiger partial charge in [-0.1, -0.05) is 18.6 Å². The molecule has 3 aliphatic rings. The van der Waals surface area contributed by atoms with Crippen LogP contribution in [0.2, 0.25) is 0 Å². The van der Waals surface area contributed by atoms with Gasteiger partial charge >= 0.3 is 6.09 Å². The van der Waals surface area contributed by atoms with E-state index in [1.165, 1.54) is 25.0 Å². The minimum Gasteiger partial charge on any atom is -0.444 e. The molecule has 0 unspecified atom stereocenters. The van der Waals surface area contributed by atoms with Crippen LogP contribution in [-0.4, -0.2) is 73.2 Å². The summed E-state index contributed by atoms with van der Waals surface area (Å²) in [6.07, 6.45) is 9.22. The highest BCUT2D eigenvalue weighted by atomic mass is 16.6. The molecule has 2 saturated heterocycles. The minimum absolute atomic E-state index is 0.0131. The molecule has 40 heavy (non-hydrogen) atoms. The smallest absolute Gasteiger partial charge is 0.410 e.